The summed E-state index contributed by atoms with van der Waals surface area (Å²) in [5.74, 6) is 0.741. The van der Waals surface area contributed by atoms with Crippen molar-refractivity contribution in [2.45, 2.75) is 38.3 Å². The second-order valence-corrected chi connectivity index (χ2v) is 9.54. The lowest BCUT2D eigenvalue weighted by Crippen LogP contribution is -2.40. The third-order valence-corrected chi connectivity index (χ3v) is 7.18. The summed E-state index contributed by atoms with van der Waals surface area (Å²) in [7, 11) is 2.14. The average Bonchev–Trinajstić information content (AvgIpc) is 2.92. The maximum absolute atomic E-state index is 12.8. The van der Waals surface area contributed by atoms with E-state index in [1.165, 1.54) is 6.07 Å². The maximum Gasteiger partial charge on any atom is 0.292 e. The second kappa shape index (κ2) is 12.7. The Morgan fingerprint density at radius 1 is 1.14 bits per heavy atom. The molecule has 1 N–H and O–H groups in total. The lowest BCUT2D eigenvalue weighted by Gasteiger charge is -2.32. The molecule has 0 spiro atoms. The van der Waals surface area contributed by atoms with E-state index in [9.17, 15) is 14.9 Å². The predicted octanol–water partition coefficient (Wildman–Crippen LogP) is 3.62. The van der Waals surface area contributed by atoms with E-state index >= 15 is 0 Å². The highest BCUT2D eigenvalue weighted by Gasteiger charge is 2.28. The number of anilines is 1. The van der Waals surface area contributed by atoms with Gasteiger partial charge in [0.2, 0.25) is 5.91 Å². The number of ether oxygens (including phenoxy) is 2. The van der Waals surface area contributed by atoms with Gasteiger partial charge >= 0.3 is 0 Å². The molecule has 2 aromatic rings. The third-order valence-electron chi connectivity index (χ3n) is 7.18. The minimum atomic E-state index is -0.351. The van der Waals surface area contributed by atoms with Crippen LogP contribution in [0.15, 0.2) is 48.5 Å². The van der Waals surface area contributed by atoms with E-state index in [0.29, 0.717) is 50.8 Å². The molecule has 0 saturated carbocycles. The van der Waals surface area contributed by atoms with Crippen LogP contribution in [0.4, 0.5) is 11.4 Å². The van der Waals surface area contributed by atoms with Crippen LogP contribution in [0.2, 0.25) is 0 Å². The number of nitro benzene ring substituents is 1. The minimum Gasteiger partial charge on any atom is -0.492 e. The van der Waals surface area contributed by atoms with Crippen molar-refractivity contribution in [1.29, 1.82) is 0 Å². The summed E-state index contributed by atoms with van der Waals surface area (Å²) in [6, 6.07) is 15.2. The van der Waals surface area contributed by atoms with Gasteiger partial charge in [0.15, 0.2) is 0 Å². The number of hydrogen-bond acceptors (Lipinski definition) is 7. The molecule has 2 fully saturated rings. The van der Waals surface area contributed by atoms with Gasteiger partial charge in [0, 0.05) is 57.4 Å². The lowest BCUT2D eigenvalue weighted by atomic mass is 9.95. The Balaban J connectivity index is 1.20. The van der Waals surface area contributed by atoms with Gasteiger partial charge in [-0.3, -0.25) is 19.8 Å². The summed E-state index contributed by atoms with van der Waals surface area (Å²) >= 11 is 0. The SMILES string of the molecule is CN(CCOc1cccc(CNC(=O)C2CCN(c3ccccc3[N+](=O)[O-])CC2)c1)C1CCOCC1. The lowest BCUT2D eigenvalue weighted by molar-refractivity contribution is -0.384. The van der Waals surface area contributed by atoms with Gasteiger partial charge in [-0.05, 0) is 56.5 Å². The number of para-hydroxylation sites is 2. The van der Waals surface area contributed by atoms with Crippen LogP contribution < -0.4 is 15.0 Å². The van der Waals surface area contributed by atoms with Crippen molar-refractivity contribution in [1.82, 2.24) is 10.2 Å². The molecular weight excluding hydrogens is 460 g/mol. The van der Waals surface area contributed by atoms with Crippen molar-refractivity contribution in [3.05, 3.63) is 64.2 Å². The number of carbonyl (C=O) groups excluding carboxylic acids is 1. The molecule has 0 aromatic heterocycles. The van der Waals surface area contributed by atoms with E-state index in [0.717, 1.165) is 43.9 Å². The van der Waals surface area contributed by atoms with E-state index in [-0.39, 0.29) is 22.4 Å². The Hall–Kier alpha value is -3.17. The normalized spacial score (nSPS) is 17.2. The van der Waals surface area contributed by atoms with Crippen LogP contribution >= 0.6 is 0 Å². The molecule has 0 radical (unpaired) electrons. The number of nitrogens with one attached hydrogen (secondary N) is 1. The monoisotopic (exact) mass is 496 g/mol. The number of piperidine rings is 1. The fourth-order valence-corrected chi connectivity index (χ4v) is 4.96. The van der Waals surface area contributed by atoms with Crippen molar-refractivity contribution in [3.63, 3.8) is 0 Å². The van der Waals surface area contributed by atoms with Crippen molar-refractivity contribution >= 4 is 17.3 Å². The molecule has 2 aliphatic rings. The summed E-state index contributed by atoms with van der Waals surface area (Å²) in [5.41, 5.74) is 1.73. The van der Waals surface area contributed by atoms with Gasteiger partial charge in [0.1, 0.15) is 18.0 Å². The first-order valence-corrected chi connectivity index (χ1v) is 12.8. The van der Waals surface area contributed by atoms with Gasteiger partial charge < -0.3 is 19.7 Å². The molecule has 0 bridgehead atoms. The van der Waals surface area contributed by atoms with Crippen molar-refractivity contribution in [2.24, 2.45) is 5.92 Å². The molecule has 0 atom stereocenters. The summed E-state index contributed by atoms with van der Waals surface area (Å²) in [6.07, 6.45) is 3.47. The van der Waals surface area contributed by atoms with Gasteiger partial charge in [-0.2, -0.15) is 0 Å². The van der Waals surface area contributed by atoms with Crippen LogP contribution in [-0.4, -0.2) is 68.3 Å². The zero-order valence-corrected chi connectivity index (χ0v) is 20.9. The zero-order chi connectivity index (χ0) is 25.3. The Labute approximate surface area is 212 Å². The minimum absolute atomic E-state index is 0.0293. The van der Waals surface area contributed by atoms with Gasteiger partial charge in [0.25, 0.3) is 5.69 Å². The number of amides is 1. The third kappa shape index (κ3) is 6.95. The second-order valence-electron chi connectivity index (χ2n) is 9.54. The number of carbonyl (C=O) groups is 1. The van der Waals surface area contributed by atoms with E-state index in [2.05, 4.69) is 17.3 Å². The number of hydrogen-bond donors (Lipinski definition) is 1. The van der Waals surface area contributed by atoms with Crippen LogP contribution in [0.3, 0.4) is 0 Å². The summed E-state index contributed by atoms with van der Waals surface area (Å²) in [4.78, 5) is 28.1. The molecule has 9 nitrogen and oxygen atoms in total. The molecule has 9 heteroatoms. The number of benzene rings is 2. The number of nitro groups is 1. The topological polar surface area (TPSA) is 97.2 Å². The predicted molar refractivity (Wildman–Crippen MR) is 138 cm³/mol. The summed E-state index contributed by atoms with van der Waals surface area (Å²) < 4.78 is 11.4. The van der Waals surface area contributed by atoms with Crippen LogP contribution in [0.1, 0.15) is 31.2 Å². The molecule has 36 heavy (non-hydrogen) atoms. The molecule has 4 rings (SSSR count). The maximum atomic E-state index is 12.8. The largest absolute Gasteiger partial charge is 0.492 e. The Bertz CT molecular complexity index is 1020. The average molecular weight is 497 g/mol. The fraction of sp³-hybridized carbons (Fsp3) is 0.519. The Kier molecular flexibility index (Phi) is 9.13. The molecule has 0 aliphatic carbocycles. The highest BCUT2D eigenvalue weighted by atomic mass is 16.6. The van der Waals surface area contributed by atoms with Crippen molar-refractivity contribution < 1.29 is 19.2 Å². The molecule has 2 aliphatic heterocycles. The Morgan fingerprint density at radius 3 is 2.64 bits per heavy atom. The first-order valence-electron chi connectivity index (χ1n) is 12.8. The molecule has 0 unspecified atom stereocenters. The van der Waals surface area contributed by atoms with Gasteiger partial charge in [0.05, 0.1) is 4.92 Å². The van der Waals surface area contributed by atoms with Gasteiger partial charge in [-0.15, -0.1) is 0 Å². The van der Waals surface area contributed by atoms with Crippen LogP contribution in [-0.2, 0) is 16.1 Å². The van der Waals surface area contributed by atoms with Gasteiger partial charge in [-0.1, -0.05) is 24.3 Å². The van der Waals surface area contributed by atoms with E-state index in [4.69, 9.17) is 9.47 Å². The smallest absolute Gasteiger partial charge is 0.292 e. The molecule has 194 valence electrons. The summed E-state index contributed by atoms with van der Waals surface area (Å²) in [6.45, 7) is 4.82. The molecule has 2 aromatic carbocycles. The first kappa shape index (κ1) is 25.9. The molecular formula is C27H36N4O5. The summed E-state index contributed by atoms with van der Waals surface area (Å²) in [5, 5.41) is 14.4. The highest BCUT2D eigenvalue weighted by Crippen LogP contribution is 2.31. The van der Waals surface area contributed by atoms with Crippen LogP contribution in [0, 0.1) is 16.0 Å². The van der Waals surface area contributed by atoms with Crippen molar-refractivity contribution in [3.8, 4) is 5.75 Å². The van der Waals surface area contributed by atoms with Crippen LogP contribution in [0.25, 0.3) is 0 Å². The van der Waals surface area contributed by atoms with Crippen molar-refractivity contribution in [2.75, 3.05) is 51.4 Å². The number of likely N-dealkylation sites (N-methyl/N-ethyl adjacent to an activating group) is 1. The quantitative estimate of drug-likeness (QED) is 0.396. The zero-order valence-electron chi connectivity index (χ0n) is 20.9. The van der Waals surface area contributed by atoms with Gasteiger partial charge in [-0.25, -0.2) is 0 Å². The molecule has 1 amide bonds. The number of nitrogens with zero attached hydrogens (tertiary/aromatic N) is 3. The molecule has 2 heterocycles. The molecule has 2 saturated heterocycles. The first-order chi connectivity index (χ1) is 17.5. The van der Waals surface area contributed by atoms with E-state index in [1.807, 2.05) is 35.2 Å². The van der Waals surface area contributed by atoms with E-state index < -0.39 is 0 Å². The standard InChI is InChI=1S/C27H36N4O5/c1-29(23-11-16-35-17-12-23)15-18-36-24-6-4-5-21(19-24)20-28-27(32)22-9-13-30(14-10-22)25-7-2-3-8-26(25)31(33)34/h2-8,19,22-23H,9-18,20H2,1H3,(H,28,32). The fourth-order valence-electron chi connectivity index (χ4n) is 4.96. The van der Waals surface area contributed by atoms with Crippen LogP contribution in [0.5, 0.6) is 5.75 Å². The Morgan fingerprint density at radius 2 is 1.89 bits per heavy atom. The number of rotatable bonds is 10. The highest BCUT2D eigenvalue weighted by molar-refractivity contribution is 5.79. The van der Waals surface area contributed by atoms with E-state index in [1.54, 1.807) is 12.1 Å².